The molecule has 0 radical (unpaired) electrons. The number of hydrogen-bond donors (Lipinski definition) is 1. The van der Waals surface area contributed by atoms with Gasteiger partial charge in [0.1, 0.15) is 11.6 Å². The van der Waals surface area contributed by atoms with E-state index in [4.69, 9.17) is 4.74 Å². The molecule has 0 spiro atoms. The maximum atomic E-state index is 13.2. The smallest absolute Gasteiger partial charge is 0.311 e. The molecule has 0 unspecified atom stereocenters. The van der Waals surface area contributed by atoms with Crippen LogP contribution in [0.5, 0.6) is 11.5 Å². The molecule has 0 fully saturated rings. The molecular formula is C13H12FN3O3. The molecule has 0 aliphatic rings. The molecule has 0 amide bonds. The lowest BCUT2D eigenvalue weighted by molar-refractivity contribution is -0.385. The number of pyridine rings is 1. The maximum absolute atomic E-state index is 13.2. The molecule has 104 valence electrons. The Morgan fingerprint density at radius 1 is 1.40 bits per heavy atom. The molecule has 1 heterocycles. The highest BCUT2D eigenvalue weighted by molar-refractivity contribution is 5.48. The minimum absolute atomic E-state index is 0.154. The number of benzene rings is 1. The first-order valence-electron chi connectivity index (χ1n) is 5.80. The number of ether oxygens (including phenoxy) is 1. The number of nitrogens with zero attached hydrogens (tertiary/aromatic N) is 2. The second kappa shape index (κ2) is 6.07. The lowest BCUT2D eigenvalue weighted by atomic mass is 10.2. The van der Waals surface area contributed by atoms with Crippen LogP contribution in [0, 0.1) is 15.9 Å². The standard InChI is InChI=1S/C13H12FN3O3/c1-15-6-9-4-11(8-16-7-9)20-13-5-10(14)2-3-12(13)17(18)19/h2-5,7-8,15H,6H2,1H3. The van der Waals surface area contributed by atoms with Gasteiger partial charge >= 0.3 is 5.69 Å². The summed E-state index contributed by atoms with van der Waals surface area (Å²) in [5, 5.41) is 13.8. The molecule has 0 atom stereocenters. The Hall–Kier alpha value is -2.54. The van der Waals surface area contributed by atoms with Gasteiger partial charge in [0.2, 0.25) is 5.75 Å². The minimum Gasteiger partial charge on any atom is -0.448 e. The van der Waals surface area contributed by atoms with Gasteiger partial charge in [0.25, 0.3) is 0 Å². The van der Waals surface area contributed by atoms with Crippen LogP contribution < -0.4 is 10.1 Å². The van der Waals surface area contributed by atoms with E-state index in [-0.39, 0.29) is 11.4 Å². The summed E-state index contributed by atoms with van der Waals surface area (Å²) in [7, 11) is 1.78. The van der Waals surface area contributed by atoms with Gasteiger partial charge in [-0.3, -0.25) is 15.1 Å². The highest BCUT2D eigenvalue weighted by Crippen LogP contribution is 2.31. The third kappa shape index (κ3) is 3.27. The van der Waals surface area contributed by atoms with Crippen LogP contribution in [-0.2, 0) is 6.54 Å². The van der Waals surface area contributed by atoms with Gasteiger partial charge in [0, 0.05) is 24.9 Å². The maximum Gasteiger partial charge on any atom is 0.311 e. The van der Waals surface area contributed by atoms with Gasteiger partial charge in [-0.25, -0.2) is 4.39 Å². The van der Waals surface area contributed by atoms with Crippen molar-refractivity contribution in [2.24, 2.45) is 0 Å². The van der Waals surface area contributed by atoms with E-state index in [2.05, 4.69) is 10.3 Å². The lowest BCUT2D eigenvalue weighted by Gasteiger charge is -2.07. The van der Waals surface area contributed by atoms with Crippen LogP contribution in [0.25, 0.3) is 0 Å². The summed E-state index contributed by atoms with van der Waals surface area (Å²) in [5.74, 6) is -0.449. The molecule has 1 aromatic heterocycles. The van der Waals surface area contributed by atoms with Crippen molar-refractivity contribution >= 4 is 5.69 Å². The Morgan fingerprint density at radius 2 is 2.20 bits per heavy atom. The summed E-state index contributed by atoms with van der Waals surface area (Å²) in [4.78, 5) is 14.2. The van der Waals surface area contributed by atoms with Crippen molar-refractivity contribution in [1.29, 1.82) is 0 Å². The van der Waals surface area contributed by atoms with Gasteiger partial charge in [0.05, 0.1) is 11.1 Å². The fourth-order valence-electron chi connectivity index (χ4n) is 1.67. The van der Waals surface area contributed by atoms with Crippen molar-refractivity contribution in [3.05, 3.63) is 58.2 Å². The van der Waals surface area contributed by atoms with Gasteiger partial charge in [0.15, 0.2) is 0 Å². The molecule has 2 aromatic rings. The van der Waals surface area contributed by atoms with Crippen LogP contribution in [0.1, 0.15) is 5.56 Å². The largest absolute Gasteiger partial charge is 0.448 e. The summed E-state index contributed by atoms with van der Waals surface area (Å²) < 4.78 is 18.6. The molecule has 0 aliphatic heterocycles. The summed E-state index contributed by atoms with van der Waals surface area (Å²) in [6.45, 7) is 0.579. The first kappa shape index (κ1) is 13.9. The van der Waals surface area contributed by atoms with Crippen molar-refractivity contribution in [2.75, 3.05) is 7.05 Å². The van der Waals surface area contributed by atoms with Crippen LogP contribution in [0.2, 0.25) is 0 Å². The van der Waals surface area contributed by atoms with Crippen molar-refractivity contribution in [3.8, 4) is 11.5 Å². The molecular weight excluding hydrogens is 265 g/mol. The average molecular weight is 277 g/mol. The van der Waals surface area contributed by atoms with Crippen LogP contribution in [0.4, 0.5) is 10.1 Å². The summed E-state index contributed by atoms with van der Waals surface area (Å²) >= 11 is 0. The van der Waals surface area contributed by atoms with E-state index in [0.717, 1.165) is 23.8 Å². The molecule has 0 aliphatic carbocycles. The fraction of sp³-hybridized carbons (Fsp3) is 0.154. The van der Waals surface area contributed by atoms with E-state index >= 15 is 0 Å². The van der Waals surface area contributed by atoms with E-state index in [9.17, 15) is 14.5 Å². The van der Waals surface area contributed by atoms with Gasteiger partial charge in [-0.1, -0.05) is 0 Å². The monoisotopic (exact) mass is 277 g/mol. The number of hydrogen-bond acceptors (Lipinski definition) is 5. The van der Waals surface area contributed by atoms with E-state index < -0.39 is 10.7 Å². The normalized spacial score (nSPS) is 10.3. The third-order valence-electron chi connectivity index (χ3n) is 2.50. The van der Waals surface area contributed by atoms with E-state index in [1.807, 2.05) is 0 Å². The average Bonchev–Trinajstić information content (AvgIpc) is 2.39. The zero-order valence-corrected chi connectivity index (χ0v) is 10.7. The predicted octanol–water partition coefficient (Wildman–Crippen LogP) is 2.64. The molecule has 1 N–H and O–H groups in total. The van der Waals surface area contributed by atoms with E-state index in [1.54, 1.807) is 19.3 Å². The molecule has 1 aromatic carbocycles. The molecule has 0 saturated carbocycles. The second-order valence-electron chi connectivity index (χ2n) is 4.03. The fourth-order valence-corrected chi connectivity index (χ4v) is 1.67. The predicted molar refractivity (Wildman–Crippen MR) is 70.1 cm³/mol. The Balaban J connectivity index is 2.31. The molecule has 2 rings (SSSR count). The van der Waals surface area contributed by atoms with Gasteiger partial charge < -0.3 is 10.1 Å². The molecule has 20 heavy (non-hydrogen) atoms. The second-order valence-corrected chi connectivity index (χ2v) is 4.03. The zero-order chi connectivity index (χ0) is 14.5. The Morgan fingerprint density at radius 3 is 2.90 bits per heavy atom. The number of nitro benzene ring substituents is 1. The van der Waals surface area contributed by atoms with E-state index in [1.165, 1.54) is 6.20 Å². The zero-order valence-electron chi connectivity index (χ0n) is 10.7. The highest BCUT2D eigenvalue weighted by atomic mass is 19.1. The molecule has 6 nitrogen and oxygen atoms in total. The summed E-state index contributed by atoms with van der Waals surface area (Å²) in [6, 6.07) is 4.73. The Kier molecular flexibility index (Phi) is 4.21. The van der Waals surface area contributed by atoms with Gasteiger partial charge in [-0.15, -0.1) is 0 Å². The minimum atomic E-state index is -0.625. The van der Waals surface area contributed by atoms with Gasteiger partial charge in [-0.05, 0) is 24.7 Å². The molecule has 7 heteroatoms. The quantitative estimate of drug-likeness (QED) is 0.671. The number of nitrogens with one attached hydrogen (secondary N) is 1. The Bertz CT molecular complexity index is 634. The van der Waals surface area contributed by atoms with Crippen molar-refractivity contribution < 1.29 is 14.1 Å². The van der Waals surface area contributed by atoms with Gasteiger partial charge in [-0.2, -0.15) is 0 Å². The first-order chi connectivity index (χ1) is 9.60. The van der Waals surface area contributed by atoms with Crippen LogP contribution in [0.3, 0.4) is 0 Å². The Labute approximate surface area is 114 Å². The van der Waals surface area contributed by atoms with Crippen molar-refractivity contribution in [3.63, 3.8) is 0 Å². The number of aromatic nitrogens is 1. The van der Waals surface area contributed by atoms with Crippen LogP contribution in [-0.4, -0.2) is 17.0 Å². The molecule has 0 bridgehead atoms. The topological polar surface area (TPSA) is 77.3 Å². The van der Waals surface area contributed by atoms with E-state index in [0.29, 0.717) is 12.3 Å². The third-order valence-corrected chi connectivity index (χ3v) is 2.50. The summed E-state index contributed by atoms with van der Waals surface area (Å²) in [6.07, 6.45) is 3.05. The number of halogens is 1. The first-order valence-corrected chi connectivity index (χ1v) is 5.80. The summed E-state index contributed by atoms with van der Waals surface area (Å²) in [5.41, 5.74) is 0.550. The lowest BCUT2D eigenvalue weighted by Crippen LogP contribution is -2.05. The molecule has 0 saturated heterocycles. The van der Waals surface area contributed by atoms with Crippen molar-refractivity contribution in [1.82, 2.24) is 10.3 Å². The number of nitro groups is 1. The highest BCUT2D eigenvalue weighted by Gasteiger charge is 2.16. The van der Waals surface area contributed by atoms with Crippen LogP contribution >= 0.6 is 0 Å². The van der Waals surface area contributed by atoms with Crippen molar-refractivity contribution in [2.45, 2.75) is 6.54 Å². The number of rotatable bonds is 5. The SMILES string of the molecule is CNCc1cncc(Oc2cc(F)ccc2[N+](=O)[O-])c1. The van der Waals surface area contributed by atoms with Crippen LogP contribution in [0.15, 0.2) is 36.7 Å².